The number of carboxylic acid groups (broad SMARTS) is 2. The molecule has 0 aliphatic carbocycles. The summed E-state index contributed by atoms with van der Waals surface area (Å²) in [5.74, 6) is -4.69. The van der Waals surface area contributed by atoms with E-state index in [1.54, 1.807) is 0 Å². The Morgan fingerprint density at radius 1 is 0.407 bits per heavy atom. The SMILES string of the molecule is CCCCCO[C@@H]1[C@@H](N)[C@H](O[C@H]2[C@H](OC)[C@@H](OC)[C@H](O[C@H]3[C@H](OS(=O)(=O)[O-])[C@@H](OS(=O)(=O)[O-])[C@@H](O[C@H]4[C@H](OC)[C@H]5OC[C@]4(C(=O)[O-])OC5O[C@H]4[C@H](OC)[C@@H](OS(=O)(=O)[O-])[C@@H](OC)O[C@@H]4COS(=O)(=O)[O-])O[C@@H]3COS(=O)(=O)[O-])O[C@]2(CC)C(=O)[O-])O[C@H](COS(=O)(=O)[O-])[C@H]1OCCCCC.[Na+].[Na+].[Na+].[Na+].[Na+].[Na+].[Na+].[Na+]. The molecule has 7 rings (SSSR count). The molecule has 0 aromatic rings. The normalized spacial score (nSPS) is 35.0. The zero-order chi connectivity index (χ0) is 74.9. The number of rotatable bonds is 41. The number of methoxy groups -OCH3 is 5. The van der Waals surface area contributed by atoms with E-state index in [0.717, 1.165) is 48.9 Å². The van der Waals surface area contributed by atoms with Crippen LogP contribution in [0.15, 0.2) is 0 Å². The van der Waals surface area contributed by atoms with Gasteiger partial charge >= 0.3 is 236 Å². The molecule has 7 fully saturated rings. The van der Waals surface area contributed by atoms with Gasteiger partial charge < -0.3 is 133 Å². The van der Waals surface area contributed by atoms with Crippen LogP contribution in [0.4, 0.5) is 0 Å². The Hall–Kier alpha value is 5.44. The molecule has 2 bridgehead atoms. The third kappa shape index (κ3) is 32.8. The third-order valence-electron chi connectivity index (χ3n) is 16.3. The van der Waals surface area contributed by atoms with E-state index in [1.807, 2.05) is 13.8 Å². The average molecular weight is 1760 g/mol. The first-order valence-corrected chi connectivity index (χ1v) is 37.8. The van der Waals surface area contributed by atoms with Crippen LogP contribution in [0.3, 0.4) is 0 Å². The fourth-order valence-electron chi connectivity index (χ4n) is 12.0. The van der Waals surface area contributed by atoms with Crippen molar-refractivity contribution in [1.82, 2.24) is 0 Å². The van der Waals surface area contributed by atoms with Crippen molar-refractivity contribution in [2.75, 3.05) is 75.2 Å². The molecule has 7 aliphatic heterocycles. The maximum absolute atomic E-state index is 13.9. The largest absolute Gasteiger partial charge is 1.00 e. The van der Waals surface area contributed by atoms with Crippen LogP contribution in [-0.2, 0) is 178 Å². The van der Waals surface area contributed by atoms with Crippen molar-refractivity contribution in [3.63, 3.8) is 0 Å². The summed E-state index contributed by atoms with van der Waals surface area (Å²) in [4.78, 5) is 27.5. The fourth-order valence-corrected chi connectivity index (χ4v) is 14.3. The molecular formula is C48H75NNa8O45S6. The molecule has 0 saturated carbocycles. The Labute approximate surface area is 801 Å². The predicted octanol–water partition coefficient (Wildman–Crippen LogP) is -32.6. The number of hydrogen-bond acceptors (Lipinski definition) is 46. The second-order valence-electron chi connectivity index (χ2n) is 22.6. The molecule has 0 spiro atoms. The van der Waals surface area contributed by atoms with Crippen LogP contribution in [0.5, 0.6) is 0 Å². The monoisotopic (exact) mass is 1760 g/mol. The Bertz CT molecular complexity index is 3420. The van der Waals surface area contributed by atoms with Crippen LogP contribution in [0.1, 0.15) is 65.7 Å². The van der Waals surface area contributed by atoms with Crippen molar-refractivity contribution in [1.29, 1.82) is 0 Å². The minimum atomic E-state index is -6.47. The first kappa shape index (κ1) is 118. The van der Waals surface area contributed by atoms with Crippen LogP contribution in [0.25, 0.3) is 0 Å². The van der Waals surface area contributed by atoms with Gasteiger partial charge in [0.05, 0.1) is 44.4 Å². The first-order valence-electron chi connectivity index (χ1n) is 29.8. The van der Waals surface area contributed by atoms with E-state index in [-0.39, 0.29) is 250 Å². The summed E-state index contributed by atoms with van der Waals surface area (Å²) in [7, 11) is -31.6. The minimum Gasteiger partial charge on any atom is -0.726 e. The zero-order valence-electron chi connectivity index (χ0n) is 61.9. The first-order chi connectivity index (χ1) is 46.5. The molecule has 108 heavy (non-hydrogen) atoms. The van der Waals surface area contributed by atoms with Gasteiger partial charge in [-0.3, -0.25) is 25.1 Å². The predicted molar refractivity (Wildman–Crippen MR) is 298 cm³/mol. The third-order valence-corrected chi connectivity index (χ3v) is 19.0. The van der Waals surface area contributed by atoms with Crippen LogP contribution >= 0.6 is 0 Å². The summed E-state index contributed by atoms with van der Waals surface area (Å²) in [6.07, 6.45) is -47.2. The molecule has 60 heteroatoms. The van der Waals surface area contributed by atoms with Crippen molar-refractivity contribution in [3.8, 4) is 0 Å². The minimum absolute atomic E-state index is 0. The molecule has 586 valence electrons. The van der Waals surface area contributed by atoms with Gasteiger partial charge in [0.25, 0.3) is 0 Å². The Morgan fingerprint density at radius 2 is 0.806 bits per heavy atom. The van der Waals surface area contributed by atoms with Crippen molar-refractivity contribution in [2.24, 2.45) is 5.73 Å². The number of ether oxygens (including phenoxy) is 17. The van der Waals surface area contributed by atoms with E-state index in [1.165, 1.54) is 0 Å². The summed E-state index contributed by atoms with van der Waals surface area (Å²) in [6, 6.07) is -1.56. The molecule has 7 heterocycles. The summed E-state index contributed by atoms with van der Waals surface area (Å²) in [5, 5.41) is 27.5. The number of fused-ring (bicyclic) bond motifs is 3. The van der Waals surface area contributed by atoms with Crippen LogP contribution in [0.2, 0.25) is 0 Å². The summed E-state index contributed by atoms with van der Waals surface area (Å²) >= 11 is 0. The maximum atomic E-state index is 13.9. The van der Waals surface area contributed by atoms with E-state index < -0.39 is 260 Å². The number of carboxylic acids is 2. The van der Waals surface area contributed by atoms with Gasteiger partial charge in [-0.2, -0.15) is 0 Å². The summed E-state index contributed by atoms with van der Waals surface area (Å²) < 4.78 is 346. The summed E-state index contributed by atoms with van der Waals surface area (Å²) in [5.41, 5.74) is 0.359. The molecule has 46 nitrogen and oxygen atoms in total. The average Bonchev–Trinajstić information content (AvgIpc) is 0.726. The van der Waals surface area contributed by atoms with Gasteiger partial charge in [-0.15, -0.1) is 0 Å². The number of carbonyl (C=O) groups excluding carboxylic acids is 2. The standard InChI is InChI=1S/C48H83NO45S6.8Na/c1-9-12-14-16-77-26-22(18-80-95(54,55)56)83-40(25(49)29(26)78-17-15-13-10-2)88-38-32(73-5)34(75-7)43(90-47(38,11-3)45(50)51)87-28-24(20-82-97(60,61)62)85-42(37(94-100(69,70)71)31(28)92-98(63,64)65)89-39-33(74-6)35-44(91-48(39,21-79-35)46(52)53)86-27-23(19-81-96(57,58)59)84-41(76-8)36(30(27)72-4)93-99(66,67)68;;;;;;;;/h22-44H,9-21,49H2,1-8H3,(H,50,51)(H,52,53)(H,54,55,56)(H,57,58,59)(H,60,61,62)(H,63,64,65)(H,66,67,68)(H,69,70,71);;;;;;;;/q;8*+1/p-8/t22-,23-,24-,25-,26-,27-,28-,29-,30+,31+,32-,33-,34-,35-,36-,37-,38+,39+,40+,41+,42-,43-,44?,47+,48+;;;;;;;;/m1......../s1. The van der Waals surface area contributed by atoms with E-state index in [0.29, 0.717) is 32.1 Å². The Kier molecular flexibility index (Phi) is 56.2. The van der Waals surface area contributed by atoms with Crippen molar-refractivity contribution in [3.05, 3.63) is 0 Å². The number of nitrogens with two attached hydrogens (primary N) is 1. The van der Waals surface area contributed by atoms with Gasteiger partial charge in [-0.25, -0.2) is 50.5 Å². The number of carbonyl (C=O) groups is 2. The van der Waals surface area contributed by atoms with Gasteiger partial charge in [-0.1, -0.05) is 46.5 Å². The number of unbranched alkanes of at least 4 members (excludes halogenated alkanes) is 4. The van der Waals surface area contributed by atoms with Crippen molar-refractivity contribution >= 4 is 74.3 Å². The quantitative estimate of drug-likeness (QED) is 0.0257. The van der Waals surface area contributed by atoms with Gasteiger partial charge in [0, 0.05) is 48.8 Å². The second kappa shape index (κ2) is 51.6. The molecule has 25 atom stereocenters. The van der Waals surface area contributed by atoms with Crippen molar-refractivity contribution in [2.45, 2.75) is 218 Å². The Balaban J connectivity index is -0.0000138. The van der Waals surface area contributed by atoms with Gasteiger partial charge in [0.2, 0.25) is 62.4 Å². The van der Waals surface area contributed by atoms with E-state index in [9.17, 15) is 97.6 Å². The molecule has 0 aromatic heterocycles. The van der Waals surface area contributed by atoms with Crippen LogP contribution in [0, 0.1) is 0 Å². The molecule has 0 aromatic carbocycles. The zero-order valence-corrected chi connectivity index (χ0v) is 82.8. The second-order valence-corrected chi connectivity index (χ2v) is 28.8. The van der Waals surface area contributed by atoms with Crippen molar-refractivity contribution < 1.29 is 440 Å². The van der Waals surface area contributed by atoms with Gasteiger partial charge in [-0.05, 0) is 19.3 Å². The molecule has 1 unspecified atom stereocenters. The summed E-state index contributed by atoms with van der Waals surface area (Å²) in [6.45, 7) is -0.694. The number of aliphatic carboxylic acids is 2. The topological polar surface area (TPSA) is 662 Å². The fraction of sp³-hybridized carbons (Fsp3) is 0.958. The molecule has 7 aliphatic rings. The molecule has 2 N–H and O–H groups in total. The molecule has 7 saturated heterocycles. The van der Waals surface area contributed by atoms with E-state index >= 15 is 0 Å². The maximum Gasteiger partial charge on any atom is 1.00 e. The molecule has 0 amide bonds. The number of hydrogen-bond donors (Lipinski definition) is 1. The van der Waals surface area contributed by atoms with Gasteiger partial charge in [0.15, 0.2) is 49.3 Å². The van der Waals surface area contributed by atoms with E-state index in [2.05, 4.69) is 20.9 Å². The van der Waals surface area contributed by atoms with Crippen LogP contribution < -0.4 is 252 Å². The van der Waals surface area contributed by atoms with Gasteiger partial charge in [0.1, 0.15) is 97.2 Å². The Morgan fingerprint density at radius 3 is 1.21 bits per heavy atom. The van der Waals surface area contributed by atoms with Crippen LogP contribution in [-0.4, -0.2) is 317 Å². The van der Waals surface area contributed by atoms with E-state index in [4.69, 9.17) is 90.4 Å². The molecular weight excluding hydrogens is 1690 g/mol. The molecule has 0 radical (unpaired) electrons. The smallest absolute Gasteiger partial charge is 0.726 e.